The van der Waals surface area contributed by atoms with Gasteiger partial charge in [0.05, 0.1) is 11.1 Å². The normalized spacial score (nSPS) is 14.5. The molecule has 0 fully saturated rings. The van der Waals surface area contributed by atoms with Gasteiger partial charge in [0, 0.05) is 6.07 Å². The van der Waals surface area contributed by atoms with E-state index < -0.39 is 17.5 Å². The summed E-state index contributed by atoms with van der Waals surface area (Å²) in [5, 5.41) is 12.2. The number of hydrogen-bond acceptors (Lipinski definition) is 2. The van der Waals surface area contributed by atoms with Gasteiger partial charge >= 0.3 is 6.18 Å². The lowest BCUT2D eigenvalue weighted by Crippen LogP contribution is -2.16. The van der Waals surface area contributed by atoms with Crippen molar-refractivity contribution < 1.29 is 22.7 Å². The molecule has 0 spiro atoms. The van der Waals surface area contributed by atoms with E-state index >= 15 is 0 Å². The molecule has 3 nitrogen and oxygen atoms in total. The summed E-state index contributed by atoms with van der Waals surface area (Å²) in [6.07, 6.45) is -4.56. The molecule has 6 heteroatoms. The van der Waals surface area contributed by atoms with Crippen LogP contribution in [-0.4, -0.2) is 16.2 Å². The van der Waals surface area contributed by atoms with E-state index in [0.29, 0.717) is 11.6 Å². The minimum Gasteiger partial charge on any atom is -0.618 e. The zero-order valence-corrected chi connectivity index (χ0v) is 10.5. The monoisotopic (exact) mass is 291 g/mol. The maximum absolute atomic E-state index is 12.7. The third-order valence-corrected chi connectivity index (χ3v) is 3.25. The second kappa shape index (κ2) is 4.44. The van der Waals surface area contributed by atoms with E-state index in [1.54, 1.807) is 30.3 Å². The topological polar surface area (TPSA) is 43.1 Å². The Hall–Kier alpha value is -2.63. The first kappa shape index (κ1) is 13.4. The average molecular weight is 291 g/mol. The van der Waals surface area contributed by atoms with Gasteiger partial charge in [-0.1, -0.05) is 18.2 Å². The van der Waals surface area contributed by atoms with Gasteiger partial charge < -0.3 is 5.21 Å². The van der Waals surface area contributed by atoms with Crippen molar-refractivity contribution in [1.82, 2.24) is 0 Å². The fraction of sp³-hybridized carbons (Fsp3) is 0.0667. The van der Waals surface area contributed by atoms with Crippen molar-refractivity contribution in [2.24, 2.45) is 0 Å². The van der Waals surface area contributed by atoms with Crippen LogP contribution in [0.25, 0.3) is 0 Å². The van der Waals surface area contributed by atoms with E-state index in [-0.39, 0.29) is 21.7 Å². The molecule has 0 unspecified atom stereocenters. The largest absolute Gasteiger partial charge is 0.618 e. The summed E-state index contributed by atoms with van der Waals surface area (Å²) >= 11 is 0. The standard InChI is InChI=1S/C15H8F3NO2/c16-15(17,18)10-6-7-11-12(8-10)19(21)13(14(11)20)9-4-2-1-3-5-9/h1-8H. The molecule has 0 aliphatic carbocycles. The number of carbonyl (C=O) groups excluding carboxylic acids is 1. The van der Waals surface area contributed by atoms with E-state index in [2.05, 4.69) is 0 Å². The molecular formula is C15H8F3NO2. The highest BCUT2D eigenvalue weighted by Crippen LogP contribution is 2.35. The molecular weight excluding hydrogens is 283 g/mol. The van der Waals surface area contributed by atoms with Gasteiger partial charge in [-0.25, -0.2) is 0 Å². The minimum absolute atomic E-state index is 0.0168. The molecule has 106 valence electrons. The fourth-order valence-corrected chi connectivity index (χ4v) is 2.25. The van der Waals surface area contributed by atoms with Crippen LogP contribution in [0.1, 0.15) is 21.5 Å². The van der Waals surface area contributed by atoms with Crippen LogP contribution in [0.15, 0.2) is 48.5 Å². The number of rotatable bonds is 1. The number of fused-ring (bicyclic) bond motifs is 1. The van der Waals surface area contributed by atoms with Gasteiger partial charge in [0.25, 0.3) is 11.5 Å². The fourth-order valence-electron chi connectivity index (χ4n) is 2.25. The molecule has 3 rings (SSSR count). The van der Waals surface area contributed by atoms with Crippen LogP contribution in [-0.2, 0) is 6.18 Å². The summed E-state index contributed by atoms with van der Waals surface area (Å²) in [7, 11) is 0. The van der Waals surface area contributed by atoms with E-state index in [1.807, 2.05) is 0 Å². The maximum Gasteiger partial charge on any atom is 0.416 e. The molecule has 1 heterocycles. The first-order valence-corrected chi connectivity index (χ1v) is 6.05. The van der Waals surface area contributed by atoms with E-state index in [1.165, 1.54) is 0 Å². The van der Waals surface area contributed by atoms with E-state index in [0.717, 1.165) is 12.1 Å². The van der Waals surface area contributed by atoms with Gasteiger partial charge in [-0.2, -0.15) is 17.9 Å². The first-order valence-electron chi connectivity index (χ1n) is 6.05. The first-order chi connectivity index (χ1) is 9.89. The Morgan fingerprint density at radius 2 is 1.67 bits per heavy atom. The van der Waals surface area contributed by atoms with Crippen LogP contribution in [0.5, 0.6) is 0 Å². The molecule has 0 aromatic heterocycles. The number of carbonyl (C=O) groups is 1. The number of Topliss-reactive ketones (excluding diaryl/α,β-unsaturated/α-hetero) is 1. The van der Waals surface area contributed by atoms with Crippen molar-refractivity contribution >= 4 is 17.2 Å². The Labute approximate surface area is 117 Å². The third-order valence-electron chi connectivity index (χ3n) is 3.25. The number of ketones is 1. The molecule has 0 amide bonds. The zero-order valence-electron chi connectivity index (χ0n) is 10.5. The average Bonchev–Trinajstić information content (AvgIpc) is 2.70. The van der Waals surface area contributed by atoms with Gasteiger partial charge in [0.15, 0.2) is 0 Å². The van der Waals surface area contributed by atoms with Crippen molar-refractivity contribution in [3.8, 4) is 0 Å². The summed E-state index contributed by atoms with van der Waals surface area (Å²) in [5.74, 6) is -0.570. The predicted molar refractivity (Wildman–Crippen MR) is 69.6 cm³/mol. The van der Waals surface area contributed by atoms with E-state index in [9.17, 15) is 23.2 Å². The summed E-state index contributed by atoms with van der Waals surface area (Å²) in [6, 6.07) is 10.7. The molecule has 0 atom stereocenters. The van der Waals surface area contributed by atoms with Gasteiger partial charge in [0.2, 0.25) is 5.69 Å². The van der Waals surface area contributed by atoms with Crippen LogP contribution in [0.3, 0.4) is 0 Å². The highest BCUT2D eigenvalue weighted by Gasteiger charge is 2.39. The lowest BCUT2D eigenvalue weighted by Gasteiger charge is -2.07. The van der Waals surface area contributed by atoms with Crippen molar-refractivity contribution in [2.45, 2.75) is 6.18 Å². The second-order valence-corrected chi connectivity index (χ2v) is 4.57. The van der Waals surface area contributed by atoms with Crippen molar-refractivity contribution in [3.05, 3.63) is 70.4 Å². The van der Waals surface area contributed by atoms with Crippen LogP contribution < -0.4 is 0 Å². The Kier molecular flexibility index (Phi) is 2.83. The Balaban J connectivity index is 2.17. The number of hydrogen-bond donors (Lipinski definition) is 0. The Bertz CT molecular complexity index is 764. The molecule has 2 aromatic rings. The lowest BCUT2D eigenvalue weighted by atomic mass is 10.0. The quantitative estimate of drug-likeness (QED) is 0.596. The SMILES string of the molecule is O=C1C(c2ccccc2)=[N+]([O-])c2cc(C(F)(F)F)ccc21. The van der Waals surface area contributed by atoms with Crippen LogP contribution in [0, 0.1) is 5.21 Å². The maximum atomic E-state index is 12.7. The van der Waals surface area contributed by atoms with E-state index in [4.69, 9.17) is 0 Å². The molecule has 1 aliphatic heterocycles. The molecule has 0 N–H and O–H groups in total. The van der Waals surface area contributed by atoms with Gasteiger partial charge in [-0.05, 0) is 24.3 Å². The summed E-state index contributed by atoms with van der Waals surface area (Å²) in [5.41, 5.74) is -1.03. The summed E-state index contributed by atoms with van der Waals surface area (Å²) in [4.78, 5) is 12.2. The number of alkyl halides is 3. The van der Waals surface area contributed by atoms with Gasteiger partial charge in [0.1, 0.15) is 5.56 Å². The molecule has 2 aromatic carbocycles. The molecule has 0 radical (unpaired) electrons. The lowest BCUT2D eigenvalue weighted by molar-refractivity contribution is -0.355. The minimum atomic E-state index is -4.56. The number of nitrogens with zero attached hydrogens (tertiary/aromatic N) is 1. The molecule has 0 saturated heterocycles. The van der Waals surface area contributed by atoms with Crippen molar-refractivity contribution in [2.75, 3.05) is 0 Å². The number of halogens is 3. The summed E-state index contributed by atoms with van der Waals surface area (Å²) < 4.78 is 38.3. The van der Waals surface area contributed by atoms with Crippen molar-refractivity contribution in [1.29, 1.82) is 0 Å². The molecule has 0 bridgehead atoms. The smallest absolute Gasteiger partial charge is 0.416 e. The molecule has 1 aliphatic rings. The zero-order chi connectivity index (χ0) is 15.2. The highest BCUT2D eigenvalue weighted by atomic mass is 19.4. The van der Waals surface area contributed by atoms with Crippen LogP contribution in [0.2, 0.25) is 0 Å². The van der Waals surface area contributed by atoms with Crippen LogP contribution in [0.4, 0.5) is 18.9 Å². The number of benzene rings is 2. The van der Waals surface area contributed by atoms with Gasteiger partial charge in [-0.15, -0.1) is 0 Å². The summed E-state index contributed by atoms with van der Waals surface area (Å²) in [6.45, 7) is 0. The molecule has 21 heavy (non-hydrogen) atoms. The highest BCUT2D eigenvalue weighted by molar-refractivity contribution is 6.52. The second-order valence-electron chi connectivity index (χ2n) is 4.57. The van der Waals surface area contributed by atoms with Crippen molar-refractivity contribution in [3.63, 3.8) is 0 Å². The Morgan fingerprint density at radius 3 is 2.29 bits per heavy atom. The molecule has 0 saturated carbocycles. The van der Waals surface area contributed by atoms with Crippen LogP contribution >= 0.6 is 0 Å². The van der Waals surface area contributed by atoms with Gasteiger partial charge in [-0.3, -0.25) is 4.79 Å². The predicted octanol–water partition coefficient (Wildman–Crippen LogP) is 3.53. The third kappa shape index (κ3) is 2.08. The Morgan fingerprint density at radius 1 is 1.00 bits per heavy atom.